The molecule has 0 atom stereocenters. The van der Waals surface area contributed by atoms with Gasteiger partial charge in [0, 0.05) is 5.92 Å². The van der Waals surface area contributed by atoms with Crippen LogP contribution in [0, 0.1) is 5.92 Å². The minimum atomic E-state index is -7.43. The first-order valence-corrected chi connectivity index (χ1v) is 11.8. The summed E-state index contributed by atoms with van der Waals surface area (Å²) in [6.07, 6.45) is 0.563. The minimum Gasteiger partial charge on any atom is -0.743 e. The molecule has 2 aliphatic rings. The van der Waals surface area contributed by atoms with Crippen LogP contribution in [-0.2, 0) is 25.8 Å². The molecule has 178 valence electrons. The SMILES string of the molecule is O=C(C[S+]1CCCC1)C1CCCC1.O=S(=O)([O-])C(F)(F)C(F)(F)C(F)(F)C(F)(F)F. The molecule has 4 nitrogen and oxygen atoms in total. The van der Waals surface area contributed by atoms with Crippen LogP contribution in [0.1, 0.15) is 38.5 Å². The van der Waals surface area contributed by atoms with Crippen LogP contribution >= 0.6 is 0 Å². The number of rotatable bonds is 6. The molecule has 0 unspecified atom stereocenters. The maximum absolute atomic E-state index is 12.2. The minimum absolute atomic E-state index is 0.466. The molecule has 1 aliphatic heterocycles. The molecule has 0 bridgehead atoms. The van der Waals surface area contributed by atoms with Crippen molar-refractivity contribution < 1.29 is 57.3 Å². The van der Waals surface area contributed by atoms with Gasteiger partial charge in [0.05, 0.1) is 0 Å². The van der Waals surface area contributed by atoms with Crippen molar-refractivity contribution >= 4 is 26.8 Å². The van der Waals surface area contributed by atoms with Crippen molar-refractivity contribution in [2.45, 2.75) is 61.8 Å². The molecule has 0 spiro atoms. The second-order valence-corrected chi connectivity index (χ2v) is 10.7. The van der Waals surface area contributed by atoms with Gasteiger partial charge in [0.15, 0.2) is 21.7 Å². The van der Waals surface area contributed by atoms with Gasteiger partial charge in [0.25, 0.3) is 0 Å². The highest BCUT2D eigenvalue weighted by Gasteiger charge is 2.83. The Labute approximate surface area is 169 Å². The van der Waals surface area contributed by atoms with E-state index in [0.29, 0.717) is 22.6 Å². The van der Waals surface area contributed by atoms with E-state index in [1.54, 1.807) is 0 Å². The summed E-state index contributed by atoms with van der Waals surface area (Å²) in [5.74, 6) is -10.1. The Balaban J connectivity index is 0.000000308. The van der Waals surface area contributed by atoms with E-state index in [1.165, 1.54) is 50.0 Å². The zero-order chi connectivity index (χ0) is 23.6. The lowest BCUT2D eigenvalue weighted by molar-refractivity contribution is -0.382. The second-order valence-electron chi connectivity index (χ2n) is 6.94. The Hall–Kier alpha value is -0.700. The van der Waals surface area contributed by atoms with Crippen molar-refractivity contribution in [2.24, 2.45) is 5.92 Å². The lowest BCUT2D eigenvalue weighted by Crippen LogP contribution is -2.63. The molecule has 0 aromatic heterocycles. The van der Waals surface area contributed by atoms with Crippen LogP contribution in [0.2, 0.25) is 0 Å². The van der Waals surface area contributed by atoms with Crippen LogP contribution in [-0.4, -0.2) is 59.3 Å². The Morgan fingerprint density at radius 3 is 1.63 bits per heavy atom. The normalized spacial score (nSPS) is 20.2. The smallest absolute Gasteiger partial charge is 0.460 e. The number of hydrogen-bond acceptors (Lipinski definition) is 4. The zero-order valence-corrected chi connectivity index (χ0v) is 16.9. The summed E-state index contributed by atoms with van der Waals surface area (Å²) in [6.45, 7) is 0. The molecule has 0 amide bonds. The molecule has 15 heteroatoms. The highest BCUT2D eigenvalue weighted by atomic mass is 32.2. The van der Waals surface area contributed by atoms with Crippen LogP contribution in [0.3, 0.4) is 0 Å². The lowest BCUT2D eigenvalue weighted by Gasteiger charge is -2.34. The number of carbonyl (C=O) groups is 1. The maximum Gasteiger partial charge on any atom is 0.460 e. The summed E-state index contributed by atoms with van der Waals surface area (Å²) in [4.78, 5) is 11.8. The zero-order valence-electron chi connectivity index (χ0n) is 15.3. The molecule has 1 saturated carbocycles. The van der Waals surface area contributed by atoms with E-state index < -0.39 is 33.4 Å². The van der Waals surface area contributed by atoms with Gasteiger partial charge >= 0.3 is 23.3 Å². The lowest BCUT2D eigenvalue weighted by atomic mass is 10.0. The molecule has 0 aromatic rings. The van der Waals surface area contributed by atoms with Crippen molar-refractivity contribution in [2.75, 3.05) is 17.3 Å². The topological polar surface area (TPSA) is 74.3 Å². The third-order valence-electron chi connectivity index (χ3n) is 4.70. The average Bonchev–Trinajstić information content (AvgIpc) is 3.26. The summed E-state index contributed by atoms with van der Waals surface area (Å²) in [5, 5.41) is -7.11. The van der Waals surface area contributed by atoms with E-state index in [9.17, 15) is 57.3 Å². The third kappa shape index (κ3) is 5.75. The summed E-state index contributed by atoms with van der Waals surface area (Å²) in [5.41, 5.74) is 0. The molecule has 1 aliphatic carbocycles. The molecule has 1 saturated heterocycles. The van der Waals surface area contributed by atoms with Crippen molar-refractivity contribution in [3.05, 3.63) is 0 Å². The number of hydrogen-bond donors (Lipinski definition) is 0. The molecule has 1 heterocycles. The highest BCUT2D eigenvalue weighted by Crippen LogP contribution is 2.54. The Morgan fingerprint density at radius 2 is 1.27 bits per heavy atom. The summed E-state index contributed by atoms with van der Waals surface area (Å²) >= 11 is 0. The number of carbonyl (C=O) groups excluding carboxylic acids is 1. The Kier molecular flexibility index (Phi) is 8.59. The van der Waals surface area contributed by atoms with Gasteiger partial charge in [-0.25, -0.2) is 8.42 Å². The molecule has 0 N–H and O–H groups in total. The third-order valence-corrected chi connectivity index (χ3v) is 8.01. The van der Waals surface area contributed by atoms with Gasteiger partial charge in [-0.15, -0.1) is 0 Å². The monoisotopic (exact) mass is 498 g/mol. The van der Waals surface area contributed by atoms with Crippen molar-refractivity contribution in [3.8, 4) is 0 Å². The van der Waals surface area contributed by atoms with Crippen LogP contribution in [0.4, 0.5) is 39.5 Å². The first-order chi connectivity index (χ1) is 13.4. The van der Waals surface area contributed by atoms with E-state index in [1.807, 2.05) is 0 Å². The molecular formula is C15H19F9O4S2. The maximum atomic E-state index is 12.2. The first-order valence-electron chi connectivity index (χ1n) is 8.68. The predicted octanol–water partition coefficient (Wildman–Crippen LogP) is 4.12. The van der Waals surface area contributed by atoms with E-state index in [0.717, 1.165) is 5.75 Å². The van der Waals surface area contributed by atoms with Gasteiger partial charge in [0.1, 0.15) is 11.5 Å². The van der Waals surface area contributed by atoms with Crippen LogP contribution in [0.5, 0.6) is 0 Å². The summed E-state index contributed by atoms with van der Waals surface area (Å²) in [7, 11) is -6.92. The van der Waals surface area contributed by atoms with Crippen LogP contribution in [0.25, 0.3) is 0 Å². The number of Topliss-reactive ketones (excluding diaryl/α,β-unsaturated/α-hetero) is 1. The molecule has 30 heavy (non-hydrogen) atoms. The highest BCUT2D eigenvalue weighted by molar-refractivity contribution is 7.97. The number of ketones is 1. The summed E-state index contributed by atoms with van der Waals surface area (Å²) in [6, 6.07) is 0. The molecule has 2 rings (SSSR count). The second kappa shape index (κ2) is 9.43. The Bertz CT molecular complexity index is 695. The quantitative estimate of drug-likeness (QED) is 0.314. The summed E-state index contributed by atoms with van der Waals surface area (Å²) < 4.78 is 135. The van der Waals surface area contributed by atoms with E-state index in [-0.39, 0.29) is 0 Å². The fourth-order valence-corrected chi connectivity index (χ4v) is 5.74. The van der Waals surface area contributed by atoms with Gasteiger partial charge in [-0.3, -0.25) is 4.79 Å². The van der Waals surface area contributed by atoms with Gasteiger partial charge in [-0.05, 0) is 36.6 Å². The number of halogens is 9. The number of alkyl halides is 9. The van der Waals surface area contributed by atoms with E-state index >= 15 is 0 Å². The van der Waals surface area contributed by atoms with Crippen molar-refractivity contribution in [3.63, 3.8) is 0 Å². The van der Waals surface area contributed by atoms with E-state index in [4.69, 9.17) is 0 Å². The fourth-order valence-electron chi connectivity index (χ4n) is 2.94. The van der Waals surface area contributed by atoms with Gasteiger partial charge in [-0.2, -0.15) is 39.5 Å². The Morgan fingerprint density at radius 1 is 0.833 bits per heavy atom. The fraction of sp³-hybridized carbons (Fsp3) is 0.933. The van der Waals surface area contributed by atoms with Gasteiger partial charge in [-0.1, -0.05) is 12.8 Å². The van der Waals surface area contributed by atoms with E-state index in [2.05, 4.69) is 0 Å². The van der Waals surface area contributed by atoms with Crippen molar-refractivity contribution in [1.82, 2.24) is 0 Å². The van der Waals surface area contributed by atoms with Crippen LogP contribution in [0.15, 0.2) is 0 Å². The predicted molar refractivity (Wildman–Crippen MR) is 88.8 cm³/mol. The van der Waals surface area contributed by atoms with Crippen molar-refractivity contribution in [1.29, 1.82) is 0 Å². The molecular weight excluding hydrogens is 479 g/mol. The van der Waals surface area contributed by atoms with Gasteiger partial charge in [0.2, 0.25) is 0 Å². The first kappa shape index (κ1) is 27.3. The van der Waals surface area contributed by atoms with Gasteiger partial charge < -0.3 is 4.55 Å². The standard InChI is InChI=1S/C11H19OS.C4HF9O3S/c12-11(10-5-1-2-6-10)9-13-7-3-4-8-13;5-1(6,3(9,10)11)2(7,8)4(12,13)17(14,15)16/h10H,1-9H2;(H,14,15,16)/q+1;/p-1. The van der Waals surface area contributed by atoms with Crippen LogP contribution < -0.4 is 0 Å². The molecule has 2 fully saturated rings. The largest absolute Gasteiger partial charge is 0.743 e. The molecule has 0 radical (unpaired) electrons. The average molecular weight is 498 g/mol. The molecule has 0 aromatic carbocycles.